The van der Waals surface area contributed by atoms with Gasteiger partial charge in [0.05, 0.1) is 12.7 Å². The van der Waals surface area contributed by atoms with Gasteiger partial charge >= 0.3 is 0 Å². The summed E-state index contributed by atoms with van der Waals surface area (Å²) in [6, 6.07) is 1.94. The fraction of sp³-hybridized carbons (Fsp3) is 0.545. The van der Waals surface area contributed by atoms with E-state index < -0.39 is 10.0 Å². The minimum Gasteiger partial charge on any atom is -0.340 e. The molecule has 0 bridgehead atoms. The summed E-state index contributed by atoms with van der Waals surface area (Å²) in [5, 5.41) is 1.95. The van der Waals surface area contributed by atoms with Gasteiger partial charge in [0.1, 0.15) is 0 Å². The number of amides is 1. The minimum atomic E-state index is -3.14. The Morgan fingerprint density at radius 2 is 2.00 bits per heavy atom. The average Bonchev–Trinajstić information content (AvgIpc) is 2.74. The van der Waals surface area contributed by atoms with Crippen LogP contribution in [0.2, 0.25) is 0 Å². The number of carbonyl (C=O) groups excluding carboxylic acids is 1. The summed E-state index contributed by atoms with van der Waals surface area (Å²) in [4.78, 5) is 14.8. The van der Waals surface area contributed by atoms with E-state index in [0.29, 0.717) is 32.6 Å². The number of halogens is 1. The molecule has 2 rings (SSSR count). The Morgan fingerprint density at radius 1 is 1.37 bits per heavy atom. The Bertz CT molecular complexity index is 562. The number of sulfonamides is 1. The second kappa shape index (κ2) is 5.90. The topological polar surface area (TPSA) is 57.7 Å². The zero-order chi connectivity index (χ0) is 14.0. The molecule has 0 aliphatic carbocycles. The molecule has 1 fully saturated rings. The van der Waals surface area contributed by atoms with E-state index in [1.165, 1.54) is 10.6 Å². The highest BCUT2D eigenvalue weighted by atomic mass is 79.9. The Labute approximate surface area is 125 Å². The number of carbonyl (C=O) groups is 1. The molecule has 0 spiro atoms. The molecule has 1 aliphatic heterocycles. The Kier molecular flexibility index (Phi) is 4.65. The molecule has 0 saturated carbocycles. The van der Waals surface area contributed by atoms with Crippen LogP contribution in [0, 0.1) is 0 Å². The quantitative estimate of drug-likeness (QED) is 0.806. The Morgan fingerprint density at radius 3 is 2.47 bits per heavy atom. The number of thiophene rings is 1. The fourth-order valence-electron chi connectivity index (χ4n) is 1.98. The summed E-state index contributed by atoms with van der Waals surface area (Å²) in [7, 11) is -3.14. The van der Waals surface area contributed by atoms with E-state index in [2.05, 4.69) is 15.9 Å². The van der Waals surface area contributed by atoms with Crippen molar-refractivity contribution in [1.29, 1.82) is 0 Å². The van der Waals surface area contributed by atoms with E-state index in [0.717, 1.165) is 9.35 Å². The third-order valence-corrected chi connectivity index (χ3v) is 6.01. The first-order valence-corrected chi connectivity index (χ1v) is 9.34. The third-order valence-electron chi connectivity index (χ3n) is 3.01. The van der Waals surface area contributed by atoms with E-state index in [1.807, 2.05) is 11.4 Å². The van der Waals surface area contributed by atoms with Crippen molar-refractivity contribution in [3.8, 4) is 0 Å². The highest BCUT2D eigenvalue weighted by molar-refractivity contribution is 9.10. The van der Waals surface area contributed by atoms with Crippen molar-refractivity contribution < 1.29 is 13.2 Å². The molecule has 0 aromatic carbocycles. The van der Waals surface area contributed by atoms with Crippen molar-refractivity contribution in [3.63, 3.8) is 0 Å². The minimum absolute atomic E-state index is 0.0579. The second-order valence-electron chi connectivity index (χ2n) is 4.45. The molecule has 0 unspecified atom stereocenters. The first-order valence-electron chi connectivity index (χ1n) is 5.82. The first-order chi connectivity index (χ1) is 8.86. The van der Waals surface area contributed by atoms with Gasteiger partial charge in [-0.3, -0.25) is 4.79 Å². The lowest BCUT2D eigenvalue weighted by molar-refractivity contribution is -0.131. The Balaban J connectivity index is 1.89. The molecule has 1 saturated heterocycles. The van der Waals surface area contributed by atoms with Crippen molar-refractivity contribution in [2.45, 2.75) is 6.42 Å². The highest BCUT2D eigenvalue weighted by Crippen LogP contribution is 2.21. The summed E-state index contributed by atoms with van der Waals surface area (Å²) in [5.41, 5.74) is 0. The van der Waals surface area contributed by atoms with Gasteiger partial charge in [-0.1, -0.05) is 0 Å². The largest absolute Gasteiger partial charge is 0.340 e. The van der Waals surface area contributed by atoms with Gasteiger partial charge in [-0.05, 0) is 22.0 Å². The molecule has 106 valence electrons. The molecule has 1 aromatic heterocycles. The van der Waals surface area contributed by atoms with Crippen molar-refractivity contribution in [2.24, 2.45) is 0 Å². The van der Waals surface area contributed by atoms with Gasteiger partial charge in [-0.15, -0.1) is 11.3 Å². The molecule has 2 heterocycles. The maximum Gasteiger partial charge on any atom is 0.227 e. The Hall–Kier alpha value is -0.440. The molecule has 5 nitrogen and oxygen atoms in total. The molecule has 8 heteroatoms. The van der Waals surface area contributed by atoms with Crippen LogP contribution in [0.3, 0.4) is 0 Å². The van der Waals surface area contributed by atoms with Crippen molar-refractivity contribution in [3.05, 3.63) is 20.8 Å². The predicted octanol–water partition coefficient (Wildman–Crippen LogP) is 1.16. The normalized spacial score (nSPS) is 17.7. The molecular formula is C11H15BrN2O3S2. The van der Waals surface area contributed by atoms with Crippen molar-refractivity contribution in [1.82, 2.24) is 9.21 Å². The highest BCUT2D eigenvalue weighted by Gasteiger charge is 2.26. The summed E-state index contributed by atoms with van der Waals surface area (Å²) in [5.74, 6) is 0.0579. The third kappa shape index (κ3) is 4.01. The van der Waals surface area contributed by atoms with E-state index in [1.54, 1.807) is 16.2 Å². The van der Waals surface area contributed by atoms with Crippen LogP contribution in [-0.2, 0) is 21.2 Å². The maximum absolute atomic E-state index is 12.1. The van der Waals surface area contributed by atoms with Crippen LogP contribution in [-0.4, -0.2) is 56.0 Å². The molecule has 1 aliphatic rings. The van der Waals surface area contributed by atoms with Crippen LogP contribution < -0.4 is 0 Å². The zero-order valence-electron chi connectivity index (χ0n) is 10.5. The van der Waals surface area contributed by atoms with Crippen molar-refractivity contribution >= 4 is 43.2 Å². The lowest BCUT2D eigenvalue weighted by Gasteiger charge is -2.33. The first kappa shape index (κ1) is 15.0. The van der Waals surface area contributed by atoms with Crippen molar-refractivity contribution in [2.75, 3.05) is 32.4 Å². The van der Waals surface area contributed by atoms with Gasteiger partial charge in [0.2, 0.25) is 15.9 Å². The number of hydrogen-bond acceptors (Lipinski definition) is 4. The van der Waals surface area contributed by atoms with Crippen LogP contribution in [0.25, 0.3) is 0 Å². The van der Waals surface area contributed by atoms with Crippen LogP contribution in [0.4, 0.5) is 0 Å². The van der Waals surface area contributed by atoms with E-state index >= 15 is 0 Å². The monoisotopic (exact) mass is 366 g/mol. The van der Waals surface area contributed by atoms with Crippen LogP contribution in [0.1, 0.15) is 4.88 Å². The SMILES string of the molecule is CS(=O)(=O)N1CCN(C(=O)Cc2cc(Br)cs2)CC1. The number of piperazine rings is 1. The van der Waals surface area contributed by atoms with Crippen LogP contribution in [0.5, 0.6) is 0 Å². The van der Waals surface area contributed by atoms with Gasteiger partial charge in [-0.25, -0.2) is 8.42 Å². The second-order valence-corrected chi connectivity index (χ2v) is 8.34. The number of nitrogens with zero attached hydrogens (tertiary/aromatic N) is 2. The summed E-state index contributed by atoms with van der Waals surface area (Å²) >= 11 is 4.91. The van der Waals surface area contributed by atoms with Gasteiger partial charge in [0.15, 0.2) is 0 Å². The molecule has 0 N–H and O–H groups in total. The summed E-state index contributed by atoms with van der Waals surface area (Å²) < 4.78 is 25.2. The molecule has 0 radical (unpaired) electrons. The van der Waals surface area contributed by atoms with E-state index in [-0.39, 0.29) is 5.91 Å². The summed E-state index contributed by atoms with van der Waals surface area (Å²) in [6.07, 6.45) is 1.59. The predicted molar refractivity (Wildman–Crippen MR) is 78.7 cm³/mol. The standard InChI is InChI=1S/C11H15BrN2O3S2/c1-19(16,17)14-4-2-13(3-5-14)11(15)7-10-6-9(12)8-18-10/h6,8H,2-5,7H2,1H3. The smallest absolute Gasteiger partial charge is 0.227 e. The molecule has 1 amide bonds. The maximum atomic E-state index is 12.1. The van der Waals surface area contributed by atoms with Gasteiger partial charge in [0.25, 0.3) is 0 Å². The van der Waals surface area contributed by atoms with Gasteiger partial charge in [0, 0.05) is 40.9 Å². The number of rotatable bonds is 3. The van der Waals surface area contributed by atoms with E-state index in [4.69, 9.17) is 0 Å². The molecule has 1 aromatic rings. The van der Waals surface area contributed by atoms with E-state index in [9.17, 15) is 13.2 Å². The van der Waals surface area contributed by atoms with Gasteiger partial charge < -0.3 is 4.90 Å². The van der Waals surface area contributed by atoms with Crippen LogP contribution >= 0.6 is 27.3 Å². The molecule has 19 heavy (non-hydrogen) atoms. The zero-order valence-corrected chi connectivity index (χ0v) is 13.7. The molecule has 0 atom stereocenters. The fourth-order valence-corrected chi connectivity index (χ4v) is 4.25. The lowest BCUT2D eigenvalue weighted by Crippen LogP contribution is -2.50. The van der Waals surface area contributed by atoms with Gasteiger partial charge in [-0.2, -0.15) is 4.31 Å². The van der Waals surface area contributed by atoms with Crippen LogP contribution in [0.15, 0.2) is 15.9 Å². The summed E-state index contributed by atoms with van der Waals surface area (Å²) in [6.45, 7) is 1.72. The lowest BCUT2D eigenvalue weighted by atomic mass is 10.3. The molecular weight excluding hydrogens is 352 g/mol. The number of hydrogen-bond donors (Lipinski definition) is 0. The average molecular weight is 367 g/mol.